The van der Waals surface area contributed by atoms with Crippen LogP contribution in [0.3, 0.4) is 0 Å². The zero-order chi connectivity index (χ0) is 10.4. The monoisotopic (exact) mass is 194 g/mol. The van der Waals surface area contributed by atoms with Gasteiger partial charge in [0, 0.05) is 7.11 Å². The van der Waals surface area contributed by atoms with Gasteiger partial charge >= 0.3 is 0 Å². The average molecular weight is 194 g/mol. The number of hydrogen-bond donors (Lipinski definition) is 0. The topological polar surface area (TPSA) is 35.5 Å². The minimum Gasteiger partial charge on any atom is -0.490 e. The van der Waals surface area contributed by atoms with Crippen molar-refractivity contribution in [2.45, 2.75) is 6.92 Å². The van der Waals surface area contributed by atoms with Crippen LogP contribution in [0, 0.1) is 6.92 Å². The fourth-order valence-corrected chi connectivity index (χ4v) is 1.10. The lowest BCUT2D eigenvalue weighted by molar-refractivity contribution is 0.111. The van der Waals surface area contributed by atoms with Crippen LogP contribution in [0.5, 0.6) is 5.75 Å². The molecule has 1 rings (SSSR count). The van der Waals surface area contributed by atoms with Crippen molar-refractivity contribution in [3.05, 3.63) is 29.3 Å². The molecule has 0 aliphatic carbocycles. The van der Waals surface area contributed by atoms with Gasteiger partial charge in [0.1, 0.15) is 12.4 Å². The average Bonchev–Trinajstić information content (AvgIpc) is 2.19. The van der Waals surface area contributed by atoms with Crippen LogP contribution < -0.4 is 4.74 Å². The Labute approximate surface area is 83.6 Å². The van der Waals surface area contributed by atoms with Crippen molar-refractivity contribution in [2.75, 3.05) is 20.3 Å². The zero-order valence-corrected chi connectivity index (χ0v) is 8.45. The van der Waals surface area contributed by atoms with E-state index in [9.17, 15) is 4.79 Å². The van der Waals surface area contributed by atoms with Crippen LogP contribution in [-0.4, -0.2) is 26.6 Å². The van der Waals surface area contributed by atoms with E-state index in [0.29, 0.717) is 24.5 Å². The lowest BCUT2D eigenvalue weighted by Gasteiger charge is -2.08. The lowest BCUT2D eigenvalue weighted by Crippen LogP contribution is -2.05. The van der Waals surface area contributed by atoms with Crippen LogP contribution in [0.1, 0.15) is 15.9 Å². The van der Waals surface area contributed by atoms with E-state index in [2.05, 4.69) is 0 Å². The maximum absolute atomic E-state index is 10.7. The molecule has 14 heavy (non-hydrogen) atoms. The standard InChI is InChI=1S/C11H14O3/c1-9-3-4-10(8-12)11(7-9)14-6-5-13-2/h3-4,7-8H,5-6H2,1-2H3. The molecule has 1 aromatic rings. The zero-order valence-electron chi connectivity index (χ0n) is 8.45. The Hall–Kier alpha value is -1.35. The molecule has 3 heteroatoms. The minimum atomic E-state index is 0.459. The molecule has 0 atom stereocenters. The van der Waals surface area contributed by atoms with Crippen molar-refractivity contribution < 1.29 is 14.3 Å². The number of carbonyl (C=O) groups excluding carboxylic acids is 1. The fourth-order valence-electron chi connectivity index (χ4n) is 1.10. The maximum atomic E-state index is 10.7. The van der Waals surface area contributed by atoms with Crippen LogP contribution in [0.4, 0.5) is 0 Å². The summed E-state index contributed by atoms with van der Waals surface area (Å²) in [5.74, 6) is 0.622. The van der Waals surface area contributed by atoms with Gasteiger partial charge in [0.05, 0.1) is 12.2 Å². The van der Waals surface area contributed by atoms with E-state index in [-0.39, 0.29) is 0 Å². The van der Waals surface area contributed by atoms with Crippen molar-refractivity contribution in [3.63, 3.8) is 0 Å². The molecule has 0 aromatic heterocycles. The Kier molecular flexibility index (Phi) is 4.13. The molecule has 0 amide bonds. The largest absolute Gasteiger partial charge is 0.490 e. The molecule has 3 nitrogen and oxygen atoms in total. The number of rotatable bonds is 5. The second-order valence-corrected chi connectivity index (χ2v) is 3.00. The number of hydrogen-bond acceptors (Lipinski definition) is 3. The van der Waals surface area contributed by atoms with Gasteiger partial charge in [-0.15, -0.1) is 0 Å². The molecule has 0 heterocycles. The normalized spacial score (nSPS) is 9.86. The number of aryl methyl sites for hydroxylation is 1. The Morgan fingerprint density at radius 1 is 1.36 bits per heavy atom. The van der Waals surface area contributed by atoms with Crippen molar-refractivity contribution >= 4 is 6.29 Å². The second-order valence-electron chi connectivity index (χ2n) is 3.00. The van der Waals surface area contributed by atoms with Gasteiger partial charge in [0.15, 0.2) is 6.29 Å². The Morgan fingerprint density at radius 2 is 2.14 bits per heavy atom. The molecule has 0 N–H and O–H groups in total. The molecule has 0 saturated carbocycles. The first-order chi connectivity index (χ1) is 6.77. The van der Waals surface area contributed by atoms with Gasteiger partial charge in [-0.2, -0.15) is 0 Å². The molecule has 0 saturated heterocycles. The highest BCUT2D eigenvalue weighted by Crippen LogP contribution is 2.18. The summed E-state index contributed by atoms with van der Waals surface area (Å²) < 4.78 is 10.2. The van der Waals surface area contributed by atoms with E-state index in [4.69, 9.17) is 9.47 Å². The van der Waals surface area contributed by atoms with E-state index < -0.39 is 0 Å². The third kappa shape index (κ3) is 2.85. The summed E-state index contributed by atoms with van der Waals surface area (Å²) in [6, 6.07) is 5.48. The minimum absolute atomic E-state index is 0.459. The highest BCUT2D eigenvalue weighted by Gasteiger charge is 2.02. The first-order valence-electron chi connectivity index (χ1n) is 4.45. The van der Waals surface area contributed by atoms with Gasteiger partial charge in [0.2, 0.25) is 0 Å². The van der Waals surface area contributed by atoms with Gasteiger partial charge in [-0.3, -0.25) is 4.79 Å². The van der Waals surface area contributed by atoms with E-state index in [1.807, 2.05) is 19.1 Å². The van der Waals surface area contributed by atoms with Crippen LogP contribution in [0.25, 0.3) is 0 Å². The van der Waals surface area contributed by atoms with E-state index >= 15 is 0 Å². The molecule has 1 aromatic carbocycles. The highest BCUT2D eigenvalue weighted by molar-refractivity contribution is 5.79. The van der Waals surface area contributed by atoms with Crippen molar-refractivity contribution in [1.29, 1.82) is 0 Å². The van der Waals surface area contributed by atoms with Gasteiger partial charge in [-0.05, 0) is 24.6 Å². The Morgan fingerprint density at radius 3 is 2.79 bits per heavy atom. The van der Waals surface area contributed by atoms with Crippen LogP contribution in [-0.2, 0) is 4.74 Å². The van der Waals surface area contributed by atoms with Crippen LogP contribution in [0.15, 0.2) is 18.2 Å². The van der Waals surface area contributed by atoms with Crippen molar-refractivity contribution in [1.82, 2.24) is 0 Å². The number of benzene rings is 1. The number of aldehydes is 1. The van der Waals surface area contributed by atoms with E-state index in [0.717, 1.165) is 11.8 Å². The summed E-state index contributed by atoms with van der Waals surface area (Å²) in [5.41, 5.74) is 1.65. The number of methoxy groups -OCH3 is 1. The third-order valence-electron chi connectivity index (χ3n) is 1.84. The van der Waals surface area contributed by atoms with Gasteiger partial charge in [-0.1, -0.05) is 6.07 Å². The molecule has 0 radical (unpaired) electrons. The van der Waals surface area contributed by atoms with Gasteiger partial charge in [-0.25, -0.2) is 0 Å². The molecule has 0 unspecified atom stereocenters. The Balaban J connectivity index is 2.72. The number of ether oxygens (including phenoxy) is 2. The predicted octanol–water partition coefficient (Wildman–Crippen LogP) is 1.83. The first kappa shape index (κ1) is 10.7. The first-order valence-corrected chi connectivity index (χ1v) is 4.45. The van der Waals surface area contributed by atoms with Crippen molar-refractivity contribution in [3.8, 4) is 5.75 Å². The molecule has 0 fully saturated rings. The Bertz CT molecular complexity index is 307. The molecular weight excluding hydrogens is 180 g/mol. The highest BCUT2D eigenvalue weighted by atomic mass is 16.5. The van der Waals surface area contributed by atoms with Crippen LogP contribution in [0.2, 0.25) is 0 Å². The summed E-state index contributed by atoms with van der Waals surface area (Å²) in [4.78, 5) is 10.7. The molecular formula is C11H14O3. The van der Waals surface area contributed by atoms with E-state index in [1.165, 1.54) is 0 Å². The summed E-state index contributed by atoms with van der Waals surface area (Å²) >= 11 is 0. The van der Waals surface area contributed by atoms with Gasteiger partial charge < -0.3 is 9.47 Å². The molecule has 0 aliphatic heterocycles. The summed E-state index contributed by atoms with van der Waals surface area (Å²) in [5, 5.41) is 0. The predicted molar refractivity (Wildman–Crippen MR) is 53.9 cm³/mol. The SMILES string of the molecule is COCCOc1cc(C)ccc1C=O. The lowest BCUT2D eigenvalue weighted by atomic mass is 10.1. The van der Waals surface area contributed by atoms with Gasteiger partial charge in [0.25, 0.3) is 0 Å². The molecule has 0 aliphatic rings. The fraction of sp³-hybridized carbons (Fsp3) is 0.364. The van der Waals surface area contributed by atoms with E-state index in [1.54, 1.807) is 13.2 Å². The smallest absolute Gasteiger partial charge is 0.153 e. The quantitative estimate of drug-likeness (QED) is 0.530. The third-order valence-corrected chi connectivity index (χ3v) is 1.84. The summed E-state index contributed by atoms with van der Waals surface area (Å²) in [6.07, 6.45) is 0.793. The maximum Gasteiger partial charge on any atom is 0.153 e. The summed E-state index contributed by atoms with van der Waals surface area (Å²) in [7, 11) is 1.61. The second kappa shape index (κ2) is 5.40. The number of carbonyl (C=O) groups is 1. The van der Waals surface area contributed by atoms with Crippen LogP contribution >= 0.6 is 0 Å². The molecule has 76 valence electrons. The van der Waals surface area contributed by atoms with Crippen molar-refractivity contribution in [2.24, 2.45) is 0 Å². The molecule has 0 spiro atoms. The molecule has 0 bridgehead atoms. The summed E-state index contributed by atoms with van der Waals surface area (Å²) in [6.45, 7) is 2.94.